The van der Waals surface area contributed by atoms with E-state index in [0.29, 0.717) is 5.56 Å². The summed E-state index contributed by atoms with van der Waals surface area (Å²) in [6, 6.07) is 11.9. The molecule has 0 aliphatic heterocycles. The third-order valence-corrected chi connectivity index (χ3v) is 4.75. The molecule has 1 amide bonds. The number of amides is 1. The van der Waals surface area contributed by atoms with Crippen LogP contribution in [0, 0.1) is 0 Å². The zero-order chi connectivity index (χ0) is 13.8. The van der Waals surface area contributed by atoms with E-state index in [1.165, 1.54) is 4.88 Å². The lowest BCUT2D eigenvalue weighted by Gasteiger charge is -2.25. The van der Waals surface area contributed by atoms with E-state index >= 15 is 0 Å². The molecule has 0 aliphatic rings. The molecule has 1 heterocycles. The van der Waals surface area contributed by atoms with E-state index in [1.54, 1.807) is 16.2 Å². The Bertz CT molecular complexity index is 553. The van der Waals surface area contributed by atoms with E-state index in [4.69, 9.17) is 0 Å². The Kier molecular flexibility index (Phi) is 4.77. The lowest BCUT2D eigenvalue weighted by Crippen LogP contribution is -2.36. The summed E-state index contributed by atoms with van der Waals surface area (Å²) in [5, 5.41) is 2.07. The molecule has 19 heavy (non-hydrogen) atoms. The van der Waals surface area contributed by atoms with Gasteiger partial charge in [0.25, 0.3) is 5.91 Å². The number of benzene rings is 1. The lowest BCUT2D eigenvalue weighted by atomic mass is 10.1. The van der Waals surface area contributed by atoms with Crippen LogP contribution in [0.3, 0.4) is 0 Å². The average Bonchev–Trinajstić information content (AvgIpc) is 2.90. The fourth-order valence-corrected chi connectivity index (χ4v) is 3.16. The number of rotatable bonds is 4. The van der Waals surface area contributed by atoms with E-state index < -0.39 is 0 Å². The van der Waals surface area contributed by atoms with Crippen LogP contribution in [0.1, 0.15) is 22.2 Å². The first-order valence-electron chi connectivity index (χ1n) is 6.13. The summed E-state index contributed by atoms with van der Waals surface area (Å²) in [4.78, 5) is 15.5. The number of carbonyl (C=O) groups is 1. The quantitative estimate of drug-likeness (QED) is 0.818. The molecule has 1 aromatic carbocycles. The number of halogens is 1. The van der Waals surface area contributed by atoms with E-state index in [0.717, 1.165) is 10.9 Å². The molecule has 0 aliphatic carbocycles. The number of likely N-dealkylation sites (N-methyl/N-ethyl adjacent to an activating group) is 1. The van der Waals surface area contributed by atoms with Crippen molar-refractivity contribution in [3.8, 4) is 0 Å². The van der Waals surface area contributed by atoms with Crippen molar-refractivity contribution in [1.29, 1.82) is 0 Å². The molecular formula is C15H16BrNOS. The predicted octanol–water partition coefficient (Wildman–Crippen LogP) is 4.21. The second-order valence-electron chi connectivity index (χ2n) is 4.53. The molecule has 1 atom stereocenters. The largest absolute Gasteiger partial charge is 0.339 e. The Morgan fingerprint density at radius 1 is 1.32 bits per heavy atom. The van der Waals surface area contributed by atoms with Crippen LogP contribution in [-0.4, -0.2) is 23.9 Å². The Labute approximate surface area is 126 Å². The van der Waals surface area contributed by atoms with Crippen molar-refractivity contribution in [1.82, 2.24) is 4.90 Å². The van der Waals surface area contributed by atoms with Crippen molar-refractivity contribution in [2.24, 2.45) is 0 Å². The second-order valence-corrected chi connectivity index (χ2v) is 6.41. The van der Waals surface area contributed by atoms with Crippen molar-refractivity contribution in [3.05, 3.63) is 56.7 Å². The highest BCUT2D eigenvalue weighted by atomic mass is 79.9. The zero-order valence-corrected chi connectivity index (χ0v) is 13.4. The van der Waals surface area contributed by atoms with Gasteiger partial charge in [-0.15, -0.1) is 11.3 Å². The summed E-state index contributed by atoms with van der Waals surface area (Å²) >= 11 is 5.16. The van der Waals surface area contributed by atoms with E-state index in [9.17, 15) is 4.79 Å². The molecule has 4 heteroatoms. The Hall–Kier alpha value is -1.13. The fraction of sp³-hybridized carbons (Fsp3) is 0.267. The van der Waals surface area contributed by atoms with Gasteiger partial charge in [-0.25, -0.2) is 0 Å². The molecular weight excluding hydrogens is 322 g/mol. The van der Waals surface area contributed by atoms with Gasteiger partial charge in [-0.2, -0.15) is 0 Å². The van der Waals surface area contributed by atoms with Crippen LogP contribution >= 0.6 is 27.3 Å². The summed E-state index contributed by atoms with van der Waals surface area (Å²) in [5.74, 6) is 0.0523. The predicted molar refractivity (Wildman–Crippen MR) is 83.7 cm³/mol. The molecule has 0 fully saturated rings. The standard InChI is InChI=1S/C15H16BrNOS/c1-11(10-12-6-5-9-19-12)17(2)15(18)13-7-3-4-8-14(13)16/h3-9,11H,10H2,1-2H3. The van der Waals surface area contributed by atoms with Crippen LogP contribution in [0.2, 0.25) is 0 Å². The molecule has 2 rings (SSSR count). The smallest absolute Gasteiger partial charge is 0.254 e. The maximum atomic E-state index is 12.4. The number of nitrogens with zero attached hydrogens (tertiary/aromatic N) is 1. The number of hydrogen-bond acceptors (Lipinski definition) is 2. The highest BCUT2D eigenvalue weighted by Gasteiger charge is 2.19. The monoisotopic (exact) mass is 337 g/mol. The van der Waals surface area contributed by atoms with E-state index in [-0.39, 0.29) is 11.9 Å². The van der Waals surface area contributed by atoms with Crippen LogP contribution < -0.4 is 0 Å². The van der Waals surface area contributed by atoms with Gasteiger partial charge in [-0.05, 0) is 46.4 Å². The van der Waals surface area contributed by atoms with Gasteiger partial charge < -0.3 is 4.90 Å². The summed E-state index contributed by atoms with van der Waals surface area (Å²) in [6.45, 7) is 2.08. The van der Waals surface area contributed by atoms with Crippen LogP contribution in [0.4, 0.5) is 0 Å². The van der Waals surface area contributed by atoms with Crippen LogP contribution in [0.25, 0.3) is 0 Å². The van der Waals surface area contributed by atoms with Crippen molar-refractivity contribution in [2.75, 3.05) is 7.05 Å². The summed E-state index contributed by atoms with van der Waals surface area (Å²) < 4.78 is 0.843. The van der Waals surface area contributed by atoms with Crippen LogP contribution in [0.15, 0.2) is 46.3 Å². The number of carbonyl (C=O) groups excluding carboxylic acids is 1. The molecule has 1 unspecified atom stereocenters. The van der Waals surface area contributed by atoms with Crippen molar-refractivity contribution in [2.45, 2.75) is 19.4 Å². The summed E-state index contributed by atoms with van der Waals surface area (Å²) in [7, 11) is 1.86. The maximum absolute atomic E-state index is 12.4. The summed E-state index contributed by atoms with van der Waals surface area (Å²) in [6.07, 6.45) is 0.893. The van der Waals surface area contributed by atoms with Gasteiger partial charge in [0.15, 0.2) is 0 Å². The SMILES string of the molecule is CC(Cc1cccs1)N(C)C(=O)c1ccccc1Br. The van der Waals surface area contributed by atoms with Crippen LogP contribution in [0.5, 0.6) is 0 Å². The summed E-state index contributed by atoms with van der Waals surface area (Å²) in [5.41, 5.74) is 0.711. The van der Waals surface area contributed by atoms with Crippen LogP contribution in [-0.2, 0) is 6.42 Å². The second kappa shape index (κ2) is 6.35. The topological polar surface area (TPSA) is 20.3 Å². The Morgan fingerprint density at radius 2 is 2.05 bits per heavy atom. The highest BCUT2D eigenvalue weighted by molar-refractivity contribution is 9.10. The molecule has 1 aromatic heterocycles. The van der Waals surface area contributed by atoms with Gasteiger partial charge in [0.05, 0.1) is 5.56 Å². The van der Waals surface area contributed by atoms with E-state index in [2.05, 4.69) is 34.3 Å². The van der Waals surface area contributed by atoms with Gasteiger partial charge in [-0.3, -0.25) is 4.79 Å². The molecule has 0 N–H and O–H groups in total. The minimum Gasteiger partial charge on any atom is -0.339 e. The third kappa shape index (κ3) is 3.45. The molecule has 0 spiro atoms. The first-order valence-corrected chi connectivity index (χ1v) is 7.81. The Balaban J connectivity index is 2.09. The molecule has 100 valence electrons. The van der Waals surface area contributed by atoms with Gasteiger partial charge in [-0.1, -0.05) is 18.2 Å². The van der Waals surface area contributed by atoms with Gasteiger partial charge in [0.1, 0.15) is 0 Å². The molecule has 2 aromatic rings. The number of thiophene rings is 1. The minimum absolute atomic E-state index is 0.0523. The van der Waals surface area contributed by atoms with Gasteiger partial charge in [0.2, 0.25) is 0 Å². The van der Waals surface area contributed by atoms with Crippen molar-refractivity contribution in [3.63, 3.8) is 0 Å². The lowest BCUT2D eigenvalue weighted by molar-refractivity contribution is 0.0743. The third-order valence-electron chi connectivity index (χ3n) is 3.16. The molecule has 0 saturated carbocycles. The van der Waals surface area contributed by atoms with Crippen molar-refractivity contribution < 1.29 is 4.79 Å². The zero-order valence-electron chi connectivity index (χ0n) is 11.0. The van der Waals surface area contributed by atoms with E-state index in [1.807, 2.05) is 37.4 Å². The minimum atomic E-state index is 0.0523. The average molecular weight is 338 g/mol. The molecule has 2 nitrogen and oxygen atoms in total. The Morgan fingerprint density at radius 3 is 2.68 bits per heavy atom. The highest BCUT2D eigenvalue weighted by Crippen LogP contribution is 2.20. The number of hydrogen-bond donors (Lipinski definition) is 0. The van der Waals surface area contributed by atoms with Gasteiger partial charge >= 0.3 is 0 Å². The molecule has 0 radical (unpaired) electrons. The van der Waals surface area contributed by atoms with Gasteiger partial charge in [0, 0.05) is 28.9 Å². The first-order chi connectivity index (χ1) is 9.09. The maximum Gasteiger partial charge on any atom is 0.254 e. The fourth-order valence-electron chi connectivity index (χ4n) is 1.88. The first kappa shape index (κ1) is 14.3. The normalized spacial score (nSPS) is 12.2. The molecule has 0 bridgehead atoms. The molecule has 0 saturated heterocycles. The van der Waals surface area contributed by atoms with Crippen molar-refractivity contribution >= 4 is 33.2 Å².